The lowest BCUT2D eigenvalue weighted by Crippen LogP contribution is -2.24. The first kappa shape index (κ1) is 14.2. The number of hydrogen-bond donors (Lipinski definition) is 3. The fraction of sp³-hybridized carbons (Fsp3) is 0.188. The zero-order chi connectivity index (χ0) is 15.7. The second-order valence-electron chi connectivity index (χ2n) is 5.19. The van der Waals surface area contributed by atoms with Crippen LogP contribution in [0.5, 0.6) is 0 Å². The molecule has 1 unspecified atom stereocenters. The topological polar surface area (TPSA) is 90.9 Å². The van der Waals surface area contributed by atoms with Crippen LogP contribution in [-0.2, 0) is 4.79 Å². The summed E-state index contributed by atoms with van der Waals surface area (Å²) in [6.07, 6.45) is 2.38. The quantitative estimate of drug-likeness (QED) is 0.691. The minimum atomic E-state index is -1.07. The molecule has 1 atom stereocenters. The summed E-state index contributed by atoms with van der Waals surface area (Å²) >= 11 is 0. The number of aromatic amines is 1. The number of nitrogens with one attached hydrogen (secondary N) is 2. The molecule has 3 heterocycles. The molecule has 0 fully saturated rings. The molecule has 0 aromatic carbocycles. The summed E-state index contributed by atoms with van der Waals surface area (Å²) in [6, 6.07) is 7.67. The van der Waals surface area contributed by atoms with Crippen molar-refractivity contribution >= 4 is 22.6 Å². The van der Waals surface area contributed by atoms with Gasteiger partial charge >= 0.3 is 0 Å². The highest BCUT2D eigenvalue weighted by Gasteiger charge is 2.11. The molecule has 6 heteroatoms. The number of H-pyrrole nitrogens is 1. The van der Waals surface area contributed by atoms with E-state index in [2.05, 4.69) is 20.3 Å². The summed E-state index contributed by atoms with van der Waals surface area (Å²) in [5.41, 5.74) is 3.80. The average molecular weight is 296 g/mol. The second kappa shape index (κ2) is 5.57. The molecule has 3 aromatic rings. The summed E-state index contributed by atoms with van der Waals surface area (Å²) in [6.45, 7) is 3.35. The molecule has 0 saturated heterocycles. The van der Waals surface area contributed by atoms with Crippen molar-refractivity contribution in [2.45, 2.75) is 20.0 Å². The van der Waals surface area contributed by atoms with Gasteiger partial charge in [0.15, 0.2) is 0 Å². The molecule has 22 heavy (non-hydrogen) atoms. The van der Waals surface area contributed by atoms with Gasteiger partial charge in [-0.15, -0.1) is 0 Å². The normalized spacial score (nSPS) is 12.3. The molecule has 0 spiro atoms. The molecule has 112 valence electrons. The van der Waals surface area contributed by atoms with Gasteiger partial charge in [0.2, 0.25) is 0 Å². The Hall–Kier alpha value is -2.73. The first-order valence-corrected chi connectivity index (χ1v) is 6.93. The molecule has 3 rings (SSSR count). The van der Waals surface area contributed by atoms with Crippen LogP contribution in [0.3, 0.4) is 0 Å². The molecule has 0 bridgehead atoms. The minimum Gasteiger partial charge on any atom is -0.384 e. The number of aliphatic hydroxyl groups excluding tert-OH is 1. The smallest absolute Gasteiger partial charge is 0.254 e. The molecule has 0 aliphatic heterocycles. The Balaban J connectivity index is 1.95. The summed E-state index contributed by atoms with van der Waals surface area (Å²) in [5.74, 6) is -0.0823. The third-order valence-electron chi connectivity index (χ3n) is 3.34. The van der Waals surface area contributed by atoms with Crippen LogP contribution in [0.2, 0.25) is 0 Å². The predicted octanol–water partition coefficient (Wildman–Crippen LogP) is 2.25. The zero-order valence-corrected chi connectivity index (χ0v) is 12.3. The lowest BCUT2D eigenvalue weighted by atomic mass is 10.2. The monoisotopic (exact) mass is 296 g/mol. The van der Waals surface area contributed by atoms with Crippen molar-refractivity contribution in [3.63, 3.8) is 0 Å². The number of rotatable bonds is 3. The maximum Gasteiger partial charge on any atom is 0.254 e. The maximum absolute atomic E-state index is 11.5. The van der Waals surface area contributed by atoms with Crippen molar-refractivity contribution in [3.8, 4) is 11.3 Å². The first-order chi connectivity index (χ1) is 10.5. The van der Waals surface area contributed by atoms with Crippen molar-refractivity contribution in [2.75, 3.05) is 5.32 Å². The van der Waals surface area contributed by atoms with E-state index < -0.39 is 12.0 Å². The molecule has 3 aromatic heterocycles. The second-order valence-corrected chi connectivity index (χ2v) is 5.19. The van der Waals surface area contributed by atoms with Gasteiger partial charge in [0.25, 0.3) is 5.91 Å². The third kappa shape index (κ3) is 2.82. The summed E-state index contributed by atoms with van der Waals surface area (Å²) < 4.78 is 0. The van der Waals surface area contributed by atoms with Crippen LogP contribution >= 0.6 is 0 Å². The van der Waals surface area contributed by atoms with Crippen LogP contribution in [0.1, 0.15) is 12.6 Å². The van der Waals surface area contributed by atoms with E-state index in [0.717, 1.165) is 27.9 Å². The Morgan fingerprint density at radius 2 is 2.14 bits per heavy atom. The highest BCUT2D eigenvalue weighted by Crippen LogP contribution is 2.25. The van der Waals surface area contributed by atoms with Crippen LogP contribution in [0.15, 0.2) is 36.7 Å². The number of aliphatic hydroxyl groups is 1. The number of anilines is 1. The number of pyridine rings is 2. The number of nitrogens with zero attached hydrogens (tertiary/aromatic N) is 2. The Labute approximate surface area is 127 Å². The molecule has 0 aliphatic carbocycles. The van der Waals surface area contributed by atoms with E-state index in [1.165, 1.54) is 6.92 Å². The van der Waals surface area contributed by atoms with Gasteiger partial charge in [0, 0.05) is 40.8 Å². The van der Waals surface area contributed by atoms with Crippen LogP contribution in [0.25, 0.3) is 22.2 Å². The number of aromatic nitrogens is 3. The number of carbonyl (C=O) groups excluding carboxylic acids is 1. The van der Waals surface area contributed by atoms with Crippen molar-refractivity contribution in [3.05, 3.63) is 42.4 Å². The van der Waals surface area contributed by atoms with E-state index in [1.807, 2.05) is 25.1 Å². The van der Waals surface area contributed by atoms with E-state index in [0.29, 0.717) is 5.82 Å². The van der Waals surface area contributed by atoms with Gasteiger partial charge in [-0.25, -0.2) is 4.98 Å². The maximum atomic E-state index is 11.5. The molecule has 0 aliphatic rings. The zero-order valence-electron chi connectivity index (χ0n) is 12.3. The van der Waals surface area contributed by atoms with Crippen molar-refractivity contribution in [1.29, 1.82) is 0 Å². The number of amides is 1. The van der Waals surface area contributed by atoms with Crippen molar-refractivity contribution in [2.24, 2.45) is 0 Å². The van der Waals surface area contributed by atoms with Gasteiger partial charge < -0.3 is 15.4 Å². The number of fused-ring (bicyclic) bond motifs is 1. The summed E-state index contributed by atoms with van der Waals surface area (Å²) in [5, 5.41) is 12.7. The van der Waals surface area contributed by atoms with E-state index in [1.54, 1.807) is 18.5 Å². The molecule has 0 radical (unpaired) electrons. The van der Waals surface area contributed by atoms with Gasteiger partial charge in [-0.05, 0) is 32.0 Å². The van der Waals surface area contributed by atoms with E-state index in [9.17, 15) is 9.90 Å². The van der Waals surface area contributed by atoms with Gasteiger partial charge in [-0.2, -0.15) is 0 Å². The molecular formula is C16H16N4O2. The first-order valence-electron chi connectivity index (χ1n) is 6.93. The Morgan fingerprint density at radius 3 is 2.86 bits per heavy atom. The van der Waals surface area contributed by atoms with Crippen LogP contribution in [0.4, 0.5) is 5.82 Å². The number of aryl methyl sites for hydroxylation is 1. The van der Waals surface area contributed by atoms with Crippen molar-refractivity contribution in [1.82, 2.24) is 15.0 Å². The van der Waals surface area contributed by atoms with Gasteiger partial charge in [0.1, 0.15) is 11.9 Å². The Kier molecular flexibility index (Phi) is 3.60. The number of carbonyl (C=O) groups is 1. The summed E-state index contributed by atoms with van der Waals surface area (Å²) in [7, 11) is 0. The van der Waals surface area contributed by atoms with Gasteiger partial charge in [-0.3, -0.25) is 9.78 Å². The van der Waals surface area contributed by atoms with Crippen LogP contribution in [0, 0.1) is 6.92 Å². The third-order valence-corrected chi connectivity index (χ3v) is 3.34. The molecule has 3 N–H and O–H groups in total. The fourth-order valence-electron chi connectivity index (χ4n) is 2.19. The fourth-order valence-corrected chi connectivity index (χ4v) is 2.19. The standard InChI is InChI=1S/C16H16N4O2/c1-9-5-11(3-4-17-9)13-6-12-8-18-15(7-14(12)19-13)20-16(22)10(2)21/h3-8,10,19,21H,1-2H3,(H,18,20,22). The van der Waals surface area contributed by atoms with E-state index in [4.69, 9.17) is 0 Å². The minimum absolute atomic E-state index is 0.401. The van der Waals surface area contributed by atoms with Gasteiger partial charge in [0.05, 0.1) is 5.52 Å². The molecule has 0 saturated carbocycles. The lowest BCUT2D eigenvalue weighted by Gasteiger charge is -2.05. The molecular weight excluding hydrogens is 280 g/mol. The molecule has 6 nitrogen and oxygen atoms in total. The Morgan fingerprint density at radius 1 is 1.32 bits per heavy atom. The SMILES string of the molecule is Cc1cc(-c2cc3cnc(NC(=O)C(C)O)cc3[nH]2)ccn1. The molecule has 1 amide bonds. The summed E-state index contributed by atoms with van der Waals surface area (Å²) in [4.78, 5) is 23.2. The van der Waals surface area contributed by atoms with Crippen molar-refractivity contribution < 1.29 is 9.90 Å². The van der Waals surface area contributed by atoms with Crippen LogP contribution in [-0.4, -0.2) is 32.1 Å². The predicted molar refractivity (Wildman–Crippen MR) is 84.4 cm³/mol. The largest absolute Gasteiger partial charge is 0.384 e. The average Bonchev–Trinajstić information content (AvgIpc) is 2.90. The highest BCUT2D eigenvalue weighted by molar-refractivity contribution is 5.95. The van der Waals surface area contributed by atoms with Gasteiger partial charge in [-0.1, -0.05) is 0 Å². The highest BCUT2D eigenvalue weighted by atomic mass is 16.3. The van der Waals surface area contributed by atoms with Crippen LogP contribution < -0.4 is 5.32 Å². The Bertz CT molecular complexity index is 839. The van der Waals surface area contributed by atoms with E-state index >= 15 is 0 Å². The lowest BCUT2D eigenvalue weighted by molar-refractivity contribution is -0.123. The van der Waals surface area contributed by atoms with E-state index in [-0.39, 0.29) is 0 Å². The number of hydrogen-bond acceptors (Lipinski definition) is 4.